The lowest BCUT2D eigenvalue weighted by atomic mass is 10.00. The van der Waals surface area contributed by atoms with Crippen LogP contribution in [0.25, 0.3) is 17.3 Å². The lowest BCUT2D eigenvalue weighted by Crippen LogP contribution is -2.30. The molecule has 8 N–H and O–H groups in total. The number of fused-ring (bicyclic) bond motifs is 4. The van der Waals surface area contributed by atoms with E-state index in [0.717, 1.165) is 42.8 Å². The zero-order valence-electron chi connectivity index (χ0n) is 21.5. The molecule has 204 valence electrons. The first-order chi connectivity index (χ1) is 18.9. The molecule has 2 atom stereocenters. The largest absolute Gasteiger partial charge is 0.384 e. The molecule has 0 spiro atoms. The number of carbonyl (C=O) groups excluding carboxylic acids is 2. The average molecular weight is 550 g/mol. The molecule has 0 fully saturated rings. The Morgan fingerprint density at radius 1 is 1.26 bits per heavy atom. The Balaban J connectivity index is 1.58. The van der Waals surface area contributed by atoms with Crippen LogP contribution in [-0.4, -0.2) is 35.2 Å². The van der Waals surface area contributed by atoms with E-state index in [2.05, 4.69) is 33.0 Å². The van der Waals surface area contributed by atoms with Gasteiger partial charge in [0.1, 0.15) is 12.2 Å². The molecule has 2 amide bonds. The van der Waals surface area contributed by atoms with Crippen LogP contribution in [0.4, 0.5) is 17.1 Å². The maximum absolute atomic E-state index is 13.0. The van der Waals surface area contributed by atoms with E-state index in [0.29, 0.717) is 40.1 Å². The predicted octanol–water partition coefficient (Wildman–Crippen LogP) is 3.98. The molecule has 1 aromatic heterocycles. The number of hydrazine groups is 1. The number of benzene rings is 2. The highest BCUT2D eigenvalue weighted by molar-refractivity contribution is 6.30. The molecule has 2 bridgehead atoms. The standard InChI is InChI=1S/C27H32ClN9O2/c1-17-3-2-4-22(35-26(39)10-5-18-11-19(28)6-9-25(18)37(30)15-34-29)27-32-14-24(36-27)21-8-7-20(33-16-38)12-23(21)31-13-17/h5-12,14-17,22,31H,2-4,13,29-30H2,1H3,(H,32,36)(H,33,38)(H,35,39)/b10-5+,34-15-/t17-,22+/m1/s1. The Morgan fingerprint density at radius 2 is 2.10 bits per heavy atom. The zero-order valence-corrected chi connectivity index (χ0v) is 22.3. The summed E-state index contributed by atoms with van der Waals surface area (Å²) in [5.41, 5.74) is 4.41. The van der Waals surface area contributed by atoms with E-state index in [4.69, 9.17) is 28.3 Å². The van der Waals surface area contributed by atoms with Gasteiger partial charge in [-0.25, -0.2) is 10.8 Å². The molecule has 3 aromatic rings. The van der Waals surface area contributed by atoms with Gasteiger partial charge < -0.3 is 26.8 Å². The number of rotatable bonds is 7. The van der Waals surface area contributed by atoms with Crippen molar-refractivity contribution in [2.24, 2.45) is 22.7 Å². The SMILES string of the molecule is C[C@@H]1CCC[C@H](NC(=O)/C=C/c2cc(Cl)ccc2N(N)/C=N\N)c2nc(c[nH]2)-c2ccc(NC=O)cc2NC1. The van der Waals surface area contributed by atoms with Gasteiger partial charge in [0.05, 0.1) is 17.4 Å². The van der Waals surface area contributed by atoms with Crippen LogP contribution in [0.2, 0.25) is 5.02 Å². The molecule has 2 aromatic carbocycles. The maximum atomic E-state index is 13.0. The molecule has 39 heavy (non-hydrogen) atoms. The third kappa shape index (κ3) is 7.15. The topological polar surface area (TPSA) is 167 Å². The number of hydrogen-bond donors (Lipinski definition) is 6. The fraction of sp³-hybridized carbons (Fsp3) is 0.259. The number of nitrogens with two attached hydrogens (primary N) is 2. The van der Waals surface area contributed by atoms with Crippen LogP contribution in [0.15, 0.2) is 53.8 Å². The second-order valence-corrected chi connectivity index (χ2v) is 9.82. The minimum atomic E-state index is -0.316. The molecule has 0 aliphatic carbocycles. The fourth-order valence-electron chi connectivity index (χ4n) is 4.47. The number of H-pyrrole nitrogens is 1. The predicted molar refractivity (Wildman–Crippen MR) is 156 cm³/mol. The Labute approximate surface area is 231 Å². The zero-order chi connectivity index (χ0) is 27.8. The van der Waals surface area contributed by atoms with Crippen molar-refractivity contribution in [1.29, 1.82) is 0 Å². The molecule has 1 aliphatic rings. The summed E-state index contributed by atoms with van der Waals surface area (Å²) in [7, 11) is 0. The molecule has 12 heteroatoms. The van der Waals surface area contributed by atoms with Crippen LogP contribution in [0.3, 0.4) is 0 Å². The number of carbonyl (C=O) groups is 2. The van der Waals surface area contributed by atoms with Gasteiger partial charge in [0.2, 0.25) is 12.3 Å². The lowest BCUT2D eigenvalue weighted by Gasteiger charge is -2.20. The van der Waals surface area contributed by atoms with Crippen molar-refractivity contribution in [2.45, 2.75) is 32.2 Å². The van der Waals surface area contributed by atoms with E-state index in [1.54, 1.807) is 24.3 Å². The van der Waals surface area contributed by atoms with Crippen molar-refractivity contribution in [1.82, 2.24) is 15.3 Å². The minimum absolute atomic E-state index is 0.285. The summed E-state index contributed by atoms with van der Waals surface area (Å²) in [6.07, 6.45) is 9.39. The van der Waals surface area contributed by atoms with Gasteiger partial charge in [-0.2, -0.15) is 5.10 Å². The van der Waals surface area contributed by atoms with Crippen molar-refractivity contribution >= 4 is 53.4 Å². The van der Waals surface area contributed by atoms with Gasteiger partial charge in [-0.15, -0.1) is 0 Å². The molecule has 2 heterocycles. The minimum Gasteiger partial charge on any atom is -0.384 e. The number of nitrogens with zero attached hydrogens (tertiary/aromatic N) is 3. The highest BCUT2D eigenvalue weighted by Crippen LogP contribution is 2.32. The molecule has 4 rings (SSSR count). The molecular formula is C27H32ClN9O2. The number of amides is 2. The molecule has 11 nitrogen and oxygen atoms in total. The average Bonchev–Trinajstić information content (AvgIpc) is 3.40. The van der Waals surface area contributed by atoms with E-state index >= 15 is 0 Å². The van der Waals surface area contributed by atoms with Crippen LogP contribution in [0, 0.1) is 5.92 Å². The molecular weight excluding hydrogens is 518 g/mol. The van der Waals surface area contributed by atoms with E-state index in [1.807, 2.05) is 24.4 Å². The van der Waals surface area contributed by atoms with Crippen molar-refractivity contribution in [3.05, 3.63) is 65.1 Å². The first kappa shape index (κ1) is 27.7. The summed E-state index contributed by atoms with van der Waals surface area (Å²) in [6, 6.07) is 10.4. The molecule has 0 radical (unpaired) electrons. The summed E-state index contributed by atoms with van der Waals surface area (Å²) in [5, 5.41) is 14.5. The van der Waals surface area contributed by atoms with Gasteiger partial charge in [-0.05, 0) is 61.2 Å². The Hall–Kier alpha value is -4.35. The Morgan fingerprint density at radius 3 is 2.90 bits per heavy atom. The quantitative estimate of drug-likeness (QED) is 0.0647. The normalized spacial score (nSPS) is 17.5. The molecule has 0 saturated carbocycles. The van der Waals surface area contributed by atoms with Crippen LogP contribution < -0.4 is 32.6 Å². The van der Waals surface area contributed by atoms with Crippen LogP contribution in [-0.2, 0) is 9.59 Å². The van der Waals surface area contributed by atoms with Gasteiger partial charge in [-0.1, -0.05) is 24.9 Å². The number of aromatic nitrogens is 2. The summed E-state index contributed by atoms with van der Waals surface area (Å²) < 4.78 is 0. The van der Waals surface area contributed by atoms with Crippen molar-refractivity contribution in [3.8, 4) is 11.3 Å². The van der Waals surface area contributed by atoms with E-state index in [-0.39, 0.29) is 11.9 Å². The van der Waals surface area contributed by atoms with Gasteiger partial charge in [0.15, 0.2) is 0 Å². The fourth-order valence-corrected chi connectivity index (χ4v) is 4.65. The van der Waals surface area contributed by atoms with Gasteiger partial charge in [0.25, 0.3) is 0 Å². The molecule has 1 aliphatic heterocycles. The lowest BCUT2D eigenvalue weighted by molar-refractivity contribution is -0.117. The van der Waals surface area contributed by atoms with Crippen LogP contribution in [0.1, 0.15) is 43.6 Å². The monoisotopic (exact) mass is 549 g/mol. The number of aromatic amines is 1. The third-order valence-corrected chi connectivity index (χ3v) is 6.70. The number of nitrogens with one attached hydrogen (secondary N) is 4. The Kier molecular flexibility index (Phi) is 9.18. The number of hydrazone groups is 1. The first-order valence-corrected chi connectivity index (χ1v) is 12.9. The summed E-state index contributed by atoms with van der Waals surface area (Å²) >= 11 is 6.17. The highest BCUT2D eigenvalue weighted by Gasteiger charge is 2.20. The molecule has 0 unspecified atom stereocenters. The number of halogens is 1. The highest BCUT2D eigenvalue weighted by atomic mass is 35.5. The summed E-state index contributed by atoms with van der Waals surface area (Å²) in [6.45, 7) is 2.95. The number of anilines is 3. The smallest absolute Gasteiger partial charge is 0.244 e. The van der Waals surface area contributed by atoms with E-state index in [1.165, 1.54) is 17.4 Å². The number of imidazole rings is 1. The van der Waals surface area contributed by atoms with Crippen molar-refractivity contribution in [2.75, 3.05) is 22.2 Å². The second-order valence-electron chi connectivity index (χ2n) is 9.38. The van der Waals surface area contributed by atoms with E-state index < -0.39 is 0 Å². The van der Waals surface area contributed by atoms with Gasteiger partial charge in [-0.3, -0.25) is 14.6 Å². The first-order valence-electron chi connectivity index (χ1n) is 12.6. The maximum Gasteiger partial charge on any atom is 0.244 e. The van der Waals surface area contributed by atoms with Gasteiger partial charge in [0, 0.05) is 46.3 Å². The Bertz CT molecular complexity index is 1370. The van der Waals surface area contributed by atoms with Crippen molar-refractivity contribution in [3.63, 3.8) is 0 Å². The van der Waals surface area contributed by atoms with Gasteiger partial charge >= 0.3 is 0 Å². The van der Waals surface area contributed by atoms with Crippen LogP contribution >= 0.6 is 11.6 Å². The molecule has 0 saturated heterocycles. The third-order valence-electron chi connectivity index (χ3n) is 6.47. The summed E-state index contributed by atoms with van der Waals surface area (Å²) in [4.78, 5) is 32.0. The number of hydrogen-bond acceptors (Lipinski definition) is 7. The van der Waals surface area contributed by atoms with E-state index in [9.17, 15) is 9.59 Å². The van der Waals surface area contributed by atoms with Crippen LogP contribution in [0.5, 0.6) is 0 Å². The van der Waals surface area contributed by atoms with Crippen molar-refractivity contribution < 1.29 is 9.59 Å². The second kappa shape index (κ2) is 12.9. The summed E-state index contributed by atoms with van der Waals surface area (Å²) in [5.74, 6) is 12.0.